The number of aromatic nitrogens is 1. The molecule has 28 heavy (non-hydrogen) atoms. The van der Waals surface area contributed by atoms with E-state index in [9.17, 15) is 10.1 Å². The largest absolute Gasteiger partial charge is 0.422 e. The number of benzene rings is 2. The number of rotatable bonds is 4. The zero-order valence-electron chi connectivity index (χ0n) is 14.3. The van der Waals surface area contributed by atoms with Gasteiger partial charge in [0.25, 0.3) is 0 Å². The average Bonchev–Trinajstić information content (AvgIpc) is 3.33. The topological polar surface area (TPSA) is 63.0 Å². The quantitative estimate of drug-likeness (QED) is 0.198. The van der Waals surface area contributed by atoms with Crippen molar-refractivity contribution in [2.75, 3.05) is 0 Å². The summed E-state index contributed by atoms with van der Waals surface area (Å²) < 4.78 is 7.30. The number of esters is 1. The van der Waals surface area contributed by atoms with Crippen molar-refractivity contribution in [3.05, 3.63) is 79.9 Å². The summed E-state index contributed by atoms with van der Waals surface area (Å²) in [5.74, 6) is 0.0522. The van der Waals surface area contributed by atoms with Gasteiger partial charge in [0, 0.05) is 0 Å². The number of thiazole rings is 1. The van der Waals surface area contributed by atoms with E-state index in [0.717, 1.165) is 19.6 Å². The zero-order valence-corrected chi connectivity index (χ0v) is 17.5. The van der Waals surface area contributed by atoms with Crippen LogP contribution in [0.3, 0.4) is 0 Å². The Morgan fingerprint density at radius 1 is 1.07 bits per heavy atom. The highest BCUT2D eigenvalue weighted by atomic mass is 79.9. The molecule has 136 valence electrons. The van der Waals surface area contributed by atoms with E-state index in [2.05, 4.69) is 27.0 Å². The van der Waals surface area contributed by atoms with Crippen LogP contribution >= 0.6 is 38.6 Å². The third-order valence-electron chi connectivity index (χ3n) is 3.82. The summed E-state index contributed by atoms with van der Waals surface area (Å²) in [5.41, 5.74) is 2.20. The SMILES string of the molecule is N#C/C(=C\c1ccc(OC(=O)c2ccc(Br)s2)cc1)c1nc2ccccc2s1. The molecule has 0 spiro atoms. The number of nitriles is 1. The Morgan fingerprint density at radius 3 is 2.54 bits per heavy atom. The second-order valence-corrected chi connectivity index (χ2v) is 9.21. The van der Waals surface area contributed by atoms with Crippen LogP contribution in [0.1, 0.15) is 20.2 Å². The number of hydrogen-bond acceptors (Lipinski definition) is 6. The zero-order chi connectivity index (χ0) is 19.5. The van der Waals surface area contributed by atoms with Crippen LogP contribution < -0.4 is 4.74 Å². The maximum absolute atomic E-state index is 12.1. The lowest BCUT2D eigenvalue weighted by Gasteiger charge is -2.03. The normalized spacial score (nSPS) is 11.4. The molecule has 0 radical (unpaired) electrons. The van der Waals surface area contributed by atoms with Gasteiger partial charge in [-0.25, -0.2) is 9.78 Å². The molecule has 4 rings (SSSR count). The monoisotopic (exact) mass is 466 g/mol. The van der Waals surface area contributed by atoms with Crippen molar-refractivity contribution in [3.63, 3.8) is 0 Å². The van der Waals surface area contributed by atoms with E-state index in [-0.39, 0.29) is 0 Å². The Hall–Kier alpha value is -2.79. The van der Waals surface area contributed by atoms with Gasteiger partial charge in [-0.15, -0.1) is 22.7 Å². The lowest BCUT2D eigenvalue weighted by atomic mass is 10.1. The summed E-state index contributed by atoms with van der Waals surface area (Å²) in [6.07, 6.45) is 1.78. The number of carbonyl (C=O) groups excluding carboxylic acids is 1. The molecule has 0 saturated carbocycles. The van der Waals surface area contributed by atoms with E-state index in [0.29, 0.717) is 21.2 Å². The van der Waals surface area contributed by atoms with Gasteiger partial charge in [-0.1, -0.05) is 24.3 Å². The molecule has 0 bridgehead atoms. The lowest BCUT2D eigenvalue weighted by Crippen LogP contribution is -2.06. The van der Waals surface area contributed by atoms with Crippen LogP contribution in [-0.4, -0.2) is 11.0 Å². The van der Waals surface area contributed by atoms with Gasteiger partial charge in [-0.3, -0.25) is 0 Å². The fraction of sp³-hybridized carbons (Fsp3) is 0. The van der Waals surface area contributed by atoms with Gasteiger partial charge in [0.2, 0.25) is 0 Å². The molecular weight excluding hydrogens is 456 g/mol. The molecule has 2 aromatic carbocycles. The fourth-order valence-corrected chi connectivity index (χ4v) is 4.70. The Labute approximate surface area is 177 Å². The Morgan fingerprint density at radius 2 is 1.86 bits per heavy atom. The van der Waals surface area contributed by atoms with Crippen molar-refractivity contribution < 1.29 is 9.53 Å². The minimum Gasteiger partial charge on any atom is -0.422 e. The van der Waals surface area contributed by atoms with Crippen molar-refractivity contribution in [1.29, 1.82) is 5.26 Å². The summed E-state index contributed by atoms with van der Waals surface area (Å²) in [6, 6.07) is 20.6. The summed E-state index contributed by atoms with van der Waals surface area (Å²) in [7, 11) is 0. The molecule has 0 atom stereocenters. The summed E-state index contributed by atoms with van der Waals surface area (Å²) in [5, 5.41) is 10.2. The summed E-state index contributed by atoms with van der Waals surface area (Å²) in [4.78, 5) is 17.2. The molecule has 0 saturated heterocycles. The molecule has 0 amide bonds. The number of nitrogens with zero attached hydrogens (tertiary/aromatic N) is 2. The van der Waals surface area contributed by atoms with Crippen LogP contribution in [0.2, 0.25) is 0 Å². The second-order valence-electron chi connectivity index (χ2n) is 5.72. The standard InChI is InChI=1S/C21H11BrN2O2S2/c22-19-10-9-18(27-19)21(25)26-15-7-5-13(6-8-15)11-14(12-23)20-24-16-3-1-2-4-17(16)28-20/h1-11H/b14-11+. The first-order chi connectivity index (χ1) is 13.6. The van der Waals surface area contributed by atoms with Gasteiger partial charge in [0.15, 0.2) is 0 Å². The maximum Gasteiger partial charge on any atom is 0.353 e. The molecule has 2 aromatic heterocycles. The molecule has 0 fully saturated rings. The average molecular weight is 467 g/mol. The molecule has 4 aromatic rings. The van der Waals surface area contributed by atoms with E-state index in [1.54, 1.807) is 42.5 Å². The van der Waals surface area contributed by atoms with Crippen molar-refractivity contribution in [2.24, 2.45) is 0 Å². The number of fused-ring (bicyclic) bond motifs is 1. The molecule has 0 unspecified atom stereocenters. The number of ether oxygens (including phenoxy) is 1. The summed E-state index contributed by atoms with van der Waals surface area (Å²) in [6.45, 7) is 0. The van der Waals surface area contributed by atoms with E-state index < -0.39 is 5.97 Å². The highest BCUT2D eigenvalue weighted by Gasteiger charge is 2.12. The van der Waals surface area contributed by atoms with Crippen molar-refractivity contribution in [3.8, 4) is 11.8 Å². The van der Waals surface area contributed by atoms with Crippen molar-refractivity contribution in [2.45, 2.75) is 0 Å². The molecule has 0 N–H and O–H groups in total. The number of halogens is 1. The van der Waals surface area contributed by atoms with Crippen molar-refractivity contribution in [1.82, 2.24) is 4.98 Å². The predicted molar refractivity (Wildman–Crippen MR) is 117 cm³/mol. The lowest BCUT2D eigenvalue weighted by molar-refractivity contribution is 0.0740. The van der Waals surface area contributed by atoms with Gasteiger partial charge in [0.1, 0.15) is 21.7 Å². The predicted octanol–water partition coefficient (Wildman–Crippen LogP) is 6.40. The van der Waals surface area contributed by atoms with Crippen LogP contribution in [-0.2, 0) is 0 Å². The van der Waals surface area contributed by atoms with Gasteiger partial charge in [-0.2, -0.15) is 5.26 Å². The van der Waals surface area contributed by atoms with Crippen molar-refractivity contribution >= 4 is 66.4 Å². The smallest absolute Gasteiger partial charge is 0.353 e. The van der Waals surface area contributed by atoms with Crippen LogP contribution in [0.4, 0.5) is 0 Å². The van der Waals surface area contributed by atoms with E-state index >= 15 is 0 Å². The van der Waals surface area contributed by atoms with Crippen LogP contribution in [0, 0.1) is 11.3 Å². The molecular formula is C21H11BrN2O2S2. The number of hydrogen-bond donors (Lipinski definition) is 0. The minimum absolute atomic E-state index is 0.397. The number of para-hydroxylation sites is 1. The third-order valence-corrected chi connectivity index (χ3v) is 6.49. The van der Waals surface area contributed by atoms with Crippen LogP contribution in [0.25, 0.3) is 21.9 Å². The maximum atomic E-state index is 12.1. The summed E-state index contributed by atoms with van der Waals surface area (Å²) >= 11 is 6.14. The highest BCUT2D eigenvalue weighted by Crippen LogP contribution is 2.28. The van der Waals surface area contributed by atoms with Gasteiger partial charge < -0.3 is 4.74 Å². The Bertz CT molecular complexity index is 1200. The first-order valence-corrected chi connectivity index (χ1v) is 10.6. The number of thiophene rings is 1. The molecule has 2 heterocycles. The molecule has 0 aliphatic heterocycles. The van der Waals surface area contributed by atoms with E-state index in [1.807, 2.05) is 24.3 Å². The number of carbonyl (C=O) groups is 1. The van der Waals surface area contributed by atoms with Gasteiger partial charge >= 0.3 is 5.97 Å². The van der Waals surface area contributed by atoms with Crippen LogP contribution in [0.5, 0.6) is 5.75 Å². The fourth-order valence-electron chi connectivity index (χ4n) is 2.51. The minimum atomic E-state index is -0.397. The molecule has 4 nitrogen and oxygen atoms in total. The first kappa shape index (κ1) is 18.6. The number of allylic oxidation sites excluding steroid dienone is 1. The second kappa shape index (κ2) is 8.07. The highest BCUT2D eigenvalue weighted by molar-refractivity contribution is 9.11. The Balaban J connectivity index is 1.54. The first-order valence-electron chi connectivity index (χ1n) is 8.18. The Kier molecular flexibility index (Phi) is 5.35. The molecule has 7 heteroatoms. The molecule has 0 aliphatic carbocycles. The van der Waals surface area contributed by atoms with E-state index in [1.165, 1.54) is 22.7 Å². The van der Waals surface area contributed by atoms with E-state index in [4.69, 9.17) is 4.74 Å². The molecule has 0 aliphatic rings. The van der Waals surface area contributed by atoms with Crippen LogP contribution in [0.15, 0.2) is 64.5 Å². The third kappa shape index (κ3) is 4.04. The van der Waals surface area contributed by atoms with Gasteiger partial charge in [0.05, 0.1) is 19.6 Å². The van der Waals surface area contributed by atoms with Gasteiger partial charge in [-0.05, 0) is 64.0 Å².